The number of carbonyl (C=O) groups is 2. The summed E-state index contributed by atoms with van der Waals surface area (Å²) in [7, 11) is 0. The lowest BCUT2D eigenvalue weighted by atomic mass is 9.98. The Kier molecular flexibility index (Phi) is 7.19. The van der Waals surface area contributed by atoms with Crippen molar-refractivity contribution in [2.24, 2.45) is 0 Å². The molecule has 0 saturated carbocycles. The number of rotatable bonds is 8. The number of hydrogen-bond acceptors (Lipinski definition) is 5. The van der Waals surface area contributed by atoms with Crippen LogP contribution in [-0.2, 0) is 9.59 Å². The first-order valence-electron chi connectivity index (χ1n) is 9.81. The number of para-hydroxylation sites is 1. The second kappa shape index (κ2) is 10.0. The first-order valence-corrected chi connectivity index (χ1v) is 10.2. The number of nitrogens with one attached hydrogen (secondary N) is 2. The zero-order valence-electron chi connectivity index (χ0n) is 16.9. The fourth-order valence-electron chi connectivity index (χ4n) is 2.98. The van der Waals surface area contributed by atoms with Crippen LogP contribution in [0.3, 0.4) is 0 Å². The summed E-state index contributed by atoms with van der Waals surface area (Å²) in [6.07, 6.45) is 2.56. The monoisotopic (exact) mass is 424 g/mol. The zero-order valence-corrected chi connectivity index (χ0v) is 17.8. The number of ether oxygens (including phenoxy) is 2. The first kappa shape index (κ1) is 21.5. The van der Waals surface area contributed by atoms with Crippen molar-refractivity contribution in [3.05, 3.63) is 65.2 Å². The van der Waals surface area contributed by atoms with Crippen molar-refractivity contribution in [2.45, 2.75) is 26.2 Å². The maximum atomic E-state index is 11.9. The molecule has 0 bridgehead atoms. The molecule has 1 saturated heterocycles. The smallest absolute Gasteiger partial charge is 0.263 e. The predicted octanol–water partition coefficient (Wildman–Crippen LogP) is 3.57. The topological polar surface area (TPSA) is 76.7 Å². The molecule has 0 spiro atoms. The van der Waals surface area contributed by atoms with E-state index in [2.05, 4.69) is 30.5 Å². The fraction of sp³-hybridized carbons (Fsp3) is 0.261. The van der Waals surface area contributed by atoms with Crippen molar-refractivity contribution in [2.75, 3.05) is 13.2 Å². The van der Waals surface area contributed by atoms with Crippen molar-refractivity contribution >= 4 is 35.2 Å². The molecule has 156 valence electrons. The van der Waals surface area contributed by atoms with E-state index in [1.165, 1.54) is 11.6 Å². The van der Waals surface area contributed by atoms with Crippen LogP contribution in [0.4, 0.5) is 0 Å². The van der Waals surface area contributed by atoms with Gasteiger partial charge < -0.3 is 9.47 Å². The molecule has 1 fully saturated rings. The summed E-state index contributed by atoms with van der Waals surface area (Å²) in [6, 6.07) is 15.2. The van der Waals surface area contributed by atoms with Crippen molar-refractivity contribution < 1.29 is 19.1 Å². The number of hydrogen-bond donors (Lipinski definition) is 2. The minimum Gasteiger partial charge on any atom is -0.490 e. The molecule has 1 aliphatic heterocycles. The van der Waals surface area contributed by atoms with Crippen LogP contribution in [0.5, 0.6) is 11.5 Å². The standard InChI is InChI=1S/C23H24N2O4S/c1-3-15(2)18-6-4-5-7-20(18)29-13-12-28-17-10-8-16(9-11-17)14-19-21(26)24-23(30)25-22(19)27/h4-11,14-15H,3,12-13H2,1-2H3,(H2,24,25,26,27,30)/t15-/m1/s1. The molecule has 2 amide bonds. The summed E-state index contributed by atoms with van der Waals surface area (Å²) in [4.78, 5) is 23.8. The Morgan fingerprint density at radius 3 is 2.27 bits per heavy atom. The summed E-state index contributed by atoms with van der Waals surface area (Å²) < 4.78 is 11.6. The minimum atomic E-state index is -0.515. The van der Waals surface area contributed by atoms with Crippen LogP contribution in [0.25, 0.3) is 6.08 Å². The molecule has 1 atom stereocenters. The molecule has 3 rings (SSSR count). The van der Waals surface area contributed by atoms with Crippen molar-refractivity contribution in [3.63, 3.8) is 0 Å². The Hall–Kier alpha value is -3.19. The van der Waals surface area contributed by atoms with E-state index < -0.39 is 11.8 Å². The summed E-state index contributed by atoms with van der Waals surface area (Å²) in [6.45, 7) is 5.17. The van der Waals surface area contributed by atoms with Crippen LogP contribution in [0.2, 0.25) is 0 Å². The molecule has 1 aliphatic rings. The van der Waals surface area contributed by atoms with E-state index in [0.29, 0.717) is 30.4 Å². The highest BCUT2D eigenvalue weighted by Gasteiger charge is 2.25. The van der Waals surface area contributed by atoms with E-state index in [1.54, 1.807) is 24.3 Å². The summed E-state index contributed by atoms with van der Waals surface area (Å²) in [5.41, 5.74) is 1.91. The lowest BCUT2D eigenvalue weighted by molar-refractivity contribution is -0.123. The molecule has 0 aliphatic carbocycles. The van der Waals surface area contributed by atoms with Gasteiger partial charge in [0.2, 0.25) is 0 Å². The lowest BCUT2D eigenvalue weighted by Crippen LogP contribution is -2.51. The van der Waals surface area contributed by atoms with Crippen molar-refractivity contribution in [3.8, 4) is 11.5 Å². The minimum absolute atomic E-state index is 0.00522. The van der Waals surface area contributed by atoms with Crippen LogP contribution in [0.15, 0.2) is 54.1 Å². The molecule has 6 nitrogen and oxygen atoms in total. The summed E-state index contributed by atoms with van der Waals surface area (Å²) >= 11 is 4.78. The molecule has 0 unspecified atom stereocenters. The second-order valence-electron chi connectivity index (χ2n) is 6.91. The van der Waals surface area contributed by atoms with Crippen LogP contribution in [-0.4, -0.2) is 30.1 Å². The van der Waals surface area contributed by atoms with Gasteiger partial charge in [-0.15, -0.1) is 0 Å². The molecule has 7 heteroatoms. The van der Waals surface area contributed by atoms with Crippen LogP contribution in [0, 0.1) is 0 Å². The van der Waals surface area contributed by atoms with Gasteiger partial charge in [-0.2, -0.15) is 0 Å². The average molecular weight is 425 g/mol. The van der Waals surface area contributed by atoms with Gasteiger partial charge in [0.25, 0.3) is 11.8 Å². The Morgan fingerprint density at radius 2 is 1.60 bits per heavy atom. The van der Waals surface area contributed by atoms with E-state index in [1.807, 2.05) is 18.2 Å². The van der Waals surface area contributed by atoms with E-state index in [9.17, 15) is 9.59 Å². The largest absolute Gasteiger partial charge is 0.490 e. The van der Waals surface area contributed by atoms with Gasteiger partial charge in [-0.25, -0.2) is 0 Å². The third kappa shape index (κ3) is 5.45. The Labute approximate surface area is 181 Å². The van der Waals surface area contributed by atoms with Gasteiger partial charge in [0.1, 0.15) is 30.3 Å². The first-order chi connectivity index (χ1) is 14.5. The average Bonchev–Trinajstić information content (AvgIpc) is 2.74. The van der Waals surface area contributed by atoms with Crippen LogP contribution >= 0.6 is 12.2 Å². The van der Waals surface area contributed by atoms with Gasteiger partial charge in [0, 0.05) is 0 Å². The molecule has 2 N–H and O–H groups in total. The predicted molar refractivity (Wildman–Crippen MR) is 119 cm³/mol. The molecule has 1 heterocycles. The maximum absolute atomic E-state index is 11.9. The highest BCUT2D eigenvalue weighted by molar-refractivity contribution is 7.80. The van der Waals surface area contributed by atoms with E-state index in [4.69, 9.17) is 21.7 Å². The molecular formula is C23H24N2O4S. The number of amides is 2. The normalized spacial score (nSPS) is 14.6. The van der Waals surface area contributed by atoms with Crippen LogP contribution in [0.1, 0.15) is 37.3 Å². The highest BCUT2D eigenvalue weighted by atomic mass is 32.1. The van der Waals surface area contributed by atoms with Crippen LogP contribution < -0.4 is 20.1 Å². The zero-order chi connectivity index (χ0) is 21.5. The van der Waals surface area contributed by atoms with Gasteiger partial charge in [-0.1, -0.05) is 44.2 Å². The third-order valence-electron chi connectivity index (χ3n) is 4.81. The Balaban J connectivity index is 1.54. The Bertz CT molecular complexity index is 947. The molecule has 0 aromatic heterocycles. The van der Waals surface area contributed by atoms with Crippen molar-refractivity contribution in [1.82, 2.24) is 10.6 Å². The third-order valence-corrected chi connectivity index (χ3v) is 5.01. The molecule has 2 aromatic rings. The molecular weight excluding hydrogens is 400 g/mol. The number of thiocarbonyl (C=S) groups is 1. The number of carbonyl (C=O) groups excluding carboxylic acids is 2. The van der Waals surface area contributed by atoms with E-state index >= 15 is 0 Å². The maximum Gasteiger partial charge on any atom is 0.263 e. The second-order valence-corrected chi connectivity index (χ2v) is 7.32. The SMILES string of the molecule is CC[C@@H](C)c1ccccc1OCCOc1ccc(C=C2C(=O)NC(=S)NC2=O)cc1. The van der Waals surface area contributed by atoms with Gasteiger partial charge in [-0.05, 0) is 60.0 Å². The molecule has 0 radical (unpaired) electrons. The van der Waals surface area contributed by atoms with E-state index in [0.717, 1.165) is 12.2 Å². The molecule has 2 aromatic carbocycles. The van der Waals surface area contributed by atoms with E-state index in [-0.39, 0.29) is 10.7 Å². The van der Waals surface area contributed by atoms with Gasteiger partial charge >= 0.3 is 0 Å². The van der Waals surface area contributed by atoms with Crippen molar-refractivity contribution in [1.29, 1.82) is 0 Å². The highest BCUT2D eigenvalue weighted by Crippen LogP contribution is 2.28. The quantitative estimate of drug-likeness (QED) is 0.293. The Morgan fingerprint density at radius 1 is 0.967 bits per heavy atom. The lowest BCUT2D eigenvalue weighted by Gasteiger charge is -2.16. The van der Waals surface area contributed by atoms with Gasteiger partial charge in [0.15, 0.2) is 5.11 Å². The summed E-state index contributed by atoms with van der Waals surface area (Å²) in [5.74, 6) is 0.973. The summed E-state index contributed by atoms with van der Waals surface area (Å²) in [5, 5.41) is 4.83. The number of benzene rings is 2. The molecule has 30 heavy (non-hydrogen) atoms. The fourth-order valence-corrected chi connectivity index (χ4v) is 3.17. The van der Waals surface area contributed by atoms with Gasteiger partial charge in [-0.3, -0.25) is 20.2 Å². The van der Waals surface area contributed by atoms with Gasteiger partial charge in [0.05, 0.1) is 0 Å².